The summed E-state index contributed by atoms with van der Waals surface area (Å²) in [6, 6.07) is 8.29. The summed E-state index contributed by atoms with van der Waals surface area (Å²) in [7, 11) is 1.58. The van der Waals surface area contributed by atoms with Crippen LogP contribution < -0.4 is 14.8 Å². The molecule has 2 N–H and O–H groups in total. The van der Waals surface area contributed by atoms with Crippen LogP contribution >= 0.6 is 11.6 Å². The monoisotopic (exact) mass is 529 g/mol. The SMILES string of the molecule is COc1cc2ncnc(Nc3ccc(F)c(Cl)c3)c2cc1OCCCN1CCCC2CN(C(=O)O)CC21. The number of likely N-dealkylation sites (tertiary alicyclic amines) is 2. The molecule has 2 atom stereocenters. The van der Waals surface area contributed by atoms with Crippen molar-refractivity contribution in [1.29, 1.82) is 0 Å². The molecule has 11 heteroatoms. The fraction of sp³-hybridized carbons (Fsp3) is 0.423. The normalized spacial score (nSPS) is 19.6. The number of hydrogen-bond acceptors (Lipinski definition) is 7. The number of carbonyl (C=O) groups is 1. The van der Waals surface area contributed by atoms with Gasteiger partial charge in [0.05, 0.1) is 24.3 Å². The number of methoxy groups -OCH3 is 1. The van der Waals surface area contributed by atoms with E-state index in [0.717, 1.165) is 37.7 Å². The van der Waals surface area contributed by atoms with Crippen LogP contribution in [-0.4, -0.2) is 76.9 Å². The molecule has 1 amide bonds. The zero-order chi connectivity index (χ0) is 25.9. The van der Waals surface area contributed by atoms with Crippen molar-refractivity contribution in [3.8, 4) is 11.5 Å². The molecule has 2 aliphatic heterocycles. The number of nitrogens with one attached hydrogen (secondary N) is 1. The second kappa shape index (κ2) is 10.9. The first kappa shape index (κ1) is 25.3. The van der Waals surface area contributed by atoms with Gasteiger partial charge in [0.15, 0.2) is 11.5 Å². The Labute approximate surface area is 219 Å². The third-order valence-corrected chi connectivity index (χ3v) is 7.41. The second-order valence-electron chi connectivity index (χ2n) is 9.39. The molecule has 5 rings (SSSR count). The van der Waals surface area contributed by atoms with Gasteiger partial charge < -0.3 is 24.8 Å². The number of benzene rings is 2. The van der Waals surface area contributed by atoms with Crippen LogP contribution in [0.15, 0.2) is 36.7 Å². The van der Waals surface area contributed by atoms with E-state index in [2.05, 4.69) is 20.2 Å². The van der Waals surface area contributed by atoms with Gasteiger partial charge in [0.25, 0.3) is 0 Å². The first-order chi connectivity index (χ1) is 17.9. The summed E-state index contributed by atoms with van der Waals surface area (Å²) in [6.45, 7) is 3.50. The Hall–Kier alpha value is -3.37. The van der Waals surface area contributed by atoms with Gasteiger partial charge in [-0.2, -0.15) is 0 Å². The summed E-state index contributed by atoms with van der Waals surface area (Å²) < 4.78 is 25.2. The van der Waals surface area contributed by atoms with Gasteiger partial charge in [0.1, 0.15) is 18.0 Å². The topological polar surface area (TPSA) is 100 Å². The van der Waals surface area contributed by atoms with E-state index in [1.165, 1.54) is 23.4 Å². The Kier molecular flexibility index (Phi) is 7.48. The van der Waals surface area contributed by atoms with Crippen molar-refractivity contribution in [3.05, 3.63) is 47.5 Å². The molecule has 2 saturated heterocycles. The Morgan fingerprint density at radius 2 is 2.11 bits per heavy atom. The van der Waals surface area contributed by atoms with Gasteiger partial charge in [-0.25, -0.2) is 19.2 Å². The van der Waals surface area contributed by atoms with Crippen LogP contribution in [0.1, 0.15) is 19.3 Å². The Morgan fingerprint density at radius 3 is 2.89 bits per heavy atom. The molecule has 0 spiro atoms. The largest absolute Gasteiger partial charge is 0.493 e. The lowest BCUT2D eigenvalue weighted by Crippen LogP contribution is -2.45. The van der Waals surface area contributed by atoms with E-state index in [9.17, 15) is 14.3 Å². The first-order valence-corrected chi connectivity index (χ1v) is 12.7. The minimum atomic E-state index is -0.832. The van der Waals surface area contributed by atoms with Gasteiger partial charge in [0.2, 0.25) is 0 Å². The number of rotatable bonds is 8. The molecule has 2 aliphatic rings. The maximum atomic E-state index is 13.6. The molecule has 0 aliphatic carbocycles. The maximum Gasteiger partial charge on any atom is 0.407 e. The zero-order valence-electron chi connectivity index (χ0n) is 20.5. The molecule has 2 aromatic carbocycles. The first-order valence-electron chi connectivity index (χ1n) is 12.3. The molecule has 2 unspecified atom stereocenters. The minimum absolute atomic E-state index is 0.0161. The smallest absolute Gasteiger partial charge is 0.407 e. The molecule has 2 fully saturated rings. The average Bonchev–Trinajstić information content (AvgIpc) is 3.34. The van der Waals surface area contributed by atoms with Gasteiger partial charge >= 0.3 is 6.09 Å². The predicted octanol–water partition coefficient (Wildman–Crippen LogP) is 5.02. The summed E-state index contributed by atoms with van der Waals surface area (Å²) in [5, 5.41) is 13.3. The van der Waals surface area contributed by atoms with Crippen molar-refractivity contribution in [1.82, 2.24) is 19.8 Å². The van der Waals surface area contributed by atoms with Crippen molar-refractivity contribution < 1.29 is 23.8 Å². The standard InChI is InChI=1S/C26H29ClFN5O4/c1-36-23-12-21-18(25(30-15-29-21)31-17-5-6-20(28)19(27)10-17)11-24(23)37-9-3-8-32-7-2-4-16-13-33(26(34)35)14-22(16)32/h5-6,10-12,15-16,22H,2-4,7-9,13-14H2,1H3,(H,34,35)(H,29,30,31). The van der Waals surface area contributed by atoms with Crippen molar-refractivity contribution in [2.75, 3.05) is 45.2 Å². The third-order valence-electron chi connectivity index (χ3n) is 7.12. The van der Waals surface area contributed by atoms with Crippen molar-refractivity contribution in [3.63, 3.8) is 0 Å². The summed E-state index contributed by atoms with van der Waals surface area (Å²) >= 11 is 5.92. The van der Waals surface area contributed by atoms with E-state index in [4.69, 9.17) is 21.1 Å². The number of aromatic nitrogens is 2. The molecule has 0 bridgehead atoms. The van der Waals surface area contributed by atoms with Crippen LogP contribution in [0.4, 0.5) is 20.7 Å². The van der Waals surface area contributed by atoms with Crippen LogP contribution in [0.2, 0.25) is 5.02 Å². The average molecular weight is 530 g/mol. The fourth-order valence-corrected chi connectivity index (χ4v) is 5.48. The van der Waals surface area contributed by atoms with E-state index in [1.807, 2.05) is 6.07 Å². The Morgan fingerprint density at radius 1 is 1.24 bits per heavy atom. The molecular formula is C26H29ClFN5O4. The molecule has 0 radical (unpaired) electrons. The molecule has 0 saturated carbocycles. The molecule has 37 heavy (non-hydrogen) atoms. The number of anilines is 2. The number of hydrogen-bond donors (Lipinski definition) is 2. The summed E-state index contributed by atoms with van der Waals surface area (Å²) in [4.78, 5) is 24.1. The van der Waals surface area contributed by atoms with Crippen LogP contribution in [0.5, 0.6) is 11.5 Å². The third kappa shape index (κ3) is 5.50. The zero-order valence-corrected chi connectivity index (χ0v) is 21.2. The number of piperidine rings is 1. The number of amides is 1. The second-order valence-corrected chi connectivity index (χ2v) is 9.80. The molecule has 1 aromatic heterocycles. The lowest BCUT2D eigenvalue weighted by molar-refractivity contribution is 0.114. The van der Waals surface area contributed by atoms with Crippen molar-refractivity contribution >= 4 is 40.1 Å². The van der Waals surface area contributed by atoms with Gasteiger partial charge in [0, 0.05) is 42.8 Å². The van der Waals surface area contributed by atoms with Crippen molar-refractivity contribution in [2.45, 2.75) is 25.3 Å². The van der Waals surface area contributed by atoms with E-state index >= 15 is 0 Å². The molecular weight excluding hydrogens is 501 g/mol. The van der Waals surface area contributed by atoms with Crippen molar-refractivity contribution in [2.24, 2.45) is 5.92 Å². The number of nitrogens with zero attached hydrogens (tertiary/aromatic N) is 4. The van der Waals surface area contributed by atoms with E-state index < -0.39 is 11.9 Å². The van der Waals surface area contributed by atoms with E-state index in [0.29, 0.717) is 54.1 Å². The van der Waals surface area contributed by atoms with Crippen LogP contribution in [0.25, 0.3) is 10.9 Å². The molecule has 9 nitrogen and oxygen atoms in total. The van der Waals surface area contributed by atoms with Gasteiger partial charge in [-0.05, 0) is 56.0 Å². The Bertz CT molecular complexity index is 1300. The van der Waals surface area contributed by atoms with Crippen LogP contribution in [0.3, 0.4) is 0 Å². The predicted molar refractivity (Wildman–Crippen MR) is 139 cm³/mol. The maximum absolute atomic E-state index is 13.6. The number of halogens is 2. The molecule has 3 heterocycles. The van der Waals surface area contributed by atoms with E-state index in [1.54, 1.807) is 19.2 Å². The van der Waals surface area contributed by atoms with Gasteiger partial charge in [-0.1, -0.05) is 11.6 Å². The highest BCUT2D eigenvalue weighted by Crippen LogP contribution is 2.35. The van der Waals surface area contributed by atoms with Gasteiger partial charge in [-0.15, -0.1) is 0 Å². The van der Waals surface area contributed by atoms with Crippen LogP contribution in [0, 0.1) is 11.7 Å². The Balaban J connectivity index is 1.26. The summed E-state index contributed by atoms with van der Waals surface area (Å²) in [5.41, 5.74) is 1.26. The van der Waals surface area contributed by atoms with E-state index in [-0.39, 0.29) is 11.1 Å². The lowest BCUT2D eigenvalue weighted by Gasteiger charge is -2.36. The minimum Gasteiger partial charge on any atom is -0.493 e. The number of ether oxygens (including phenoxy) is 2. The molecule has 3 aromatic rings. The number of carboxylic acid groups (broad SMARTS) is 1. The van der Waals surface area contributed by atoms with Gasteiger partial charge in [-0.3, -0.25) is 4.90 Å². The summed E-state index contributed by atoms with van der Waals surface area (Å²) in [5.74, 6) is 1.58. The highest BCUT2D eigenvalue weighted by molar-refractivity contribution is 6.31. The quantitative estimate of drug-likeness (QED) is 0.392. The summed E-state index contributed by atoms with van der Waals surface area (Å²) in [6.07, 6.45) is 3.57. The highest BCUT2D eigenvalue weighted by Gasteiger charge is 2.40. The molecule has 196 valence electrons. The van der Waals surface area contributed by atoms with Crippen LogP contribution in [-0.2, 0) is 0 Å². The highest BCUT2D eigenvalue weighted by atomic mass is 35.5. The number of fused-ring (bicyclic) bond motifs is 2. The fourth-order valence-electron chi connectivity index (χ4n) is 5.30. The lowest BCUT2D eigenvalue weighted by atomic mass is 9.92.